The van der Waals surface area contributed by atoms with E-state index in [4.69, 9.17) is 10.5 Å². The third-order valence-electron chi connectivity index (χ3n) is 8.20. The summed E-state index contributed by atoms with van der Waals surface area (Å²) in [5, 5.41) is 16.9. The molecule has 46 heavy (non-hydrogen) atoms. The van der Waals surface area contributed by atoms with Gasteiger partial charge in [-0.15, -0.1) is 11.3 Å². The zero-order chi connectivity index (χ0) is 33.3. The standard InChI is InChI=1S/C36H43F2N3O4S/c1-4-12-41(13-5-2)34(43)26-15-24(3)20-36(21-26,35(39)44)30(18-25-16-27(37)19-28(38)17-25)31(42)22-40-23-33-32(11-14-46-33)45-29-9-7-6-8-10-29/h6-11,14-17,19-20,30-31,40,42H,4-5,12-13,18,21-23H2,1-3H3,(H2,39,44)/t30-,31+,36?/m1/s1. The highest BCUT2D eigenvalue weighted by Crippen LogP contribution is 2.44. The number of aliphatic hydroxyl groups excluding tert-OH is 1. The summed E-state index contributed by atoms with van der Waals surface area (Å²) in [5.74, 6) is -1.98. The molecule has 0 spiro atoms. The average Bonchev–Trinajstić information content (AvgIpc) is 3.45. The van der Waals surface area contributed by atoms with Gasteiger partial charge < -0.3 is 25.8 Å². The van der Waals surface area contributed by atoms with Gasteiger partial charge in [0.25, 0.3) is 0 Å². The Morgan fingerprint density at radius 2 is 1.76 bits per heavy atom. The molecular weight excluding hydrogens is 608 g/mol. The number of amides is 2. The molecule has 1 aliphatic rings. The number of aliphatic hydroxyl groups is 1. The summed E-state index contributed by atoms with van der Waals surface area (Å²) in [6.45, 7) is 7.30. The largest absolute Gasteiger partial charge is 0.456 e. The van der Waals surface area contributed by atoms with Crippen LogP contribution in [0.3, 0.4) is 0 Å². The summed E-state index contributed by atoms with van der Waals surface area (Å²) in [5.41, 5.74) is 5.98. The highest BCUT2D eigenvalue weighted by Gasteiger charge is 2.48. The van der Waals surface area contributed by atoms with E-state index in [2.05, 4.69) is 5.32 Å². The lowest BCUT2D eigenvalue weighted by atomic mass is 9.63. The van der Waals surface area contributed by atoms with Crippen molar-refractivity contribution in [2.75, 3.05) is 19.6 Å². The zero-order valence-electron chi connectivity index (χ0n) is 26.6. The number of hydrogen-bond acceptors (Lipinski definition) is 6. The Balaban J connectivity index is 1.62. The van der Waals surface area contributed by atoms with E-state index >= 15 is 0 Å². The number of nitrogens with two attached hydrogens (primary N) is 1. The molecule has 3 aromatic rings. The van der Waals surface area contributed by atoms with Crippen LogP contribution in [0.4, 0.5) is 8.78 Å². The van der Waals surface area contributed by atoms with Gasteiger partial charge in [-0.25, -0.2) is 8.78 Å². The van der Waals surface area contributed by atoms with Crippen molar-refractivity contribution in [3.8, 4) is 11.5 Å². The lowest BCUT2D eigenvalue weighted by Gasteiger charge is -2.42. The number of hydrogen-bond donors (Lipinski definition) is 3. The van der Waals surface area contributed by atoms with Crippen molar-refractivity contribution in [1.29, 1.82) is 0 Å². The quantitative estimate of drug-likeness (QED) is 0.164. The Hall–Kier alpha value is -3.86. The van der Waals surface area contributed by atoms with E-state index in [0.717, 1.165) is 23.8 Å². The molecule has 4 N–H and O–H groups in total. The molecule has 0 saturated carbocycles. The molecule has 10 heteroatoms. The molecule has 1 aromatic heterocycles. The molecule has 4 rings (SSSR count). The summed E-state index contributed by atoms with van der Waals surface area (Å²) < 4.78 is 34.6. The molecule has 0 saturated heterocycles. The fourth-order valence-electron chi connectivity index (χ4n) is 6.20. The maximum atomic E-state index is 14.3. The molecule has 1 unspecified atom stereocenters. The first-order valence-corrected chi connectivity index (χ1v) is 16.6. The summed E-state index contributed by atoms with van der Waals surface area (Å²) in [7, 11) is 0. The second-order valence-electron chi connectivity index (χ2n) is 11.8. The van der Waals surface area contributed by atoms with Gasteiger partial charge in [0, 0.05) is 43.7 Å². The summed E-state index contributed by atoms with van der Waals surface area (Å²) in [6, 6.07) is 14.4. The van der Waals surface area contributed by atoms with E-state index < -0.39 is 35.0 Å². The maximum absolute atomic E-state index is 14.3. The fourth-order valence-corrected chi connectivity index (χ4v) is 6.97. The van der Waals surface area contributed by atoms with Gasteiger partial charge in [-0.3, -0.25) is 9.59 Å². The lowest BCUT2D eigenvalue weighted by molar-refractivity contribution is -0.132. The van der Waals surface area contributed by atoms with Crippen LogP contribution in [0.25, 0.3) is 0 Å². The van der Waals surface area contributed by atoms with Crippen LogP contribution in [0.2, 0.25) is 0 Å². The van der Waals surface area contributed by atoms with E-state index in [1.165, 1.54) is 23.5 Å². The lowest BCUT2D eigenvalue weighted by Crippen LogP contribution is -2.51. The Labute approximate surface area is 273 Å². The van der Waals surface area contributed by atoms with Crippen LogP contribution in [0, 0.1) is 23.0 Å². The Kier molecular flexibility index (Phi) is 12.3. The Morgan fingerprint density at radius 1 is 1.09 bits per heavy atom. The number of primary amides is 1. The third-order valence-corrected chi connectivity index (χ3v) is 9.10. The van der Waals surface area contributed by atoms with Gasteiger partial charge in [0.1, 0.15) is 23.1 Å². The van der Waals surface area contributed by atoms with Crippen molar-refractivity contribution in [2.45, 2.75) is 59.1 Å². The molecule has 1 aliphatic carbocycles. The highest BCUT2D eigenvalue weighted by atomic mass is 32.1. The van der Waals surface area contributed by atoms with Crippen molar-refractivity contribution in [3.63, 3.8) is 0 Å². The topological polar surface area (TPSA) is 105 Å². The van der Waals surface area contributed by atoms with Crippen molar-refractivity contribution >= 4 is 23.2 Å². The number of benzene rings is 2. The molecule has 2 amide bonds. The predicted molar refractivity (Wildman–Crippen MR) is 177 cm³/mol. The van der Waals surface area contributed by atoms with Crippen LogP contribution < -0.4 is 15.8 Å². The van der Waals surface area contributed by atoms with Gasteiger partial charge in [-0.1, -0.05) is 49.8 Å². The number of carbonyl (C=O) groups excluding carboxylic acids is 2. The van der Waals surface area contributed by atoms with Gasteiger partial charge in [-0.05, 0) is 73.9 Å². The van der Waals surface area contributed by atoms with Gasteiger partial charge in [0.2, 0.25) is 11.8 Å². The van der Waals surface area contributed by atoms with E-state index in [9.17, 15) is 23.5 Å². The minimum atomic E-state index is -1.50. The van der Waals surface area contributed by atoms with Crippen LogP contribution in [0.5, 0.6) is 11.5 Å². The number of nitrogens with zero attached hydrogens (tertiary/aromatic N) is 1. The third kappa shape index (κ3) is 8.69. The number of halogens is 2. The van der Waals surface area contributed by atoms with Crippen LogP contribution in [0.1, 0.15) is 50.5 Å². The fraction of sp³-hybridized carbons (Fsp3) is 0.389. The summed E-state index contributed by atoms with van der Waals surface area (Å²) in [4.78, 5) is 29.9. The van der Waals surface area contributed by atoms with Gasteiger partial charge >= 0.3 is 0 Å². The van der Waals surface area contributed by atoms with Crippen LogP contribution in [-0.2, 0) is 22.6 Å². The molecule has 0 fully saturated rings. The van der Waals surface area contributed by atoms with E-state index in [0.29, 0.717) is 42.3 Å². The number of nitrogens with one attached hydrogen (secondary N) is 1. The summed E-state index contributed by atoms with van der Waals surface area (Å²) in [6.07, 6.45) is 3.73. The molecule has 2 aromatic carbocycles. The first-order chi connectivity index (χ1) is 22.1. The molecule has 7 nitrogen and oxygen atoms in total. The van der Waals surface area contributed by atoms with Crippen LogP contribution in [0.15, 0.2) is 83.3 Å². The normalized spacial score (nSPS) is 17.5. The smallest absolute Gasteiger partial charge is 0.249 e. The van der Waals surface area contributed by atoms with Crippen LogP contribution in [-0.4, -0.2) is 47.6 Å². The minimum absolute atomic E-state index is 0.0395. The second kappa shape index (κ2) is 16.1. The van der Waals surface area contributed by atoms with Crippen molar-refractivity contribution in [1.82, 2.24) is 10.2 Å². The first kappa shape index (κ1) is 35.0. The van der Waals surface area contributed by atoms with Crippen molar-refractivity contribution in [2.24, 2.45) is 17.1 Å². The molecule has 0 radical (unpaired) electrons. The van der Waals surface area contributed by atoms with Gasteiger partial charge in [-0.2, -0.15) is 0 Å². The number of ether oxygens (including phenoxy) is 1. The second-order valence-corrected chi connectivity index (χ2v) is 12.8. The van der Waals surface area contributed by atoms with Crippen molar-refractivity contribution in [3.05, 3.63) is 105 Å². The average molecular weight is 652 g/mol. The minimum Gasteiger partial charge on any atom is -0.456 e. The van der Waals surface area contributed by atoms with E-state index in [-0.39, 0.29) is 30.9 Å². The molecule has 0 bridgehead atoms. The zero-order valence-corrected chi connectivity index (χ0v) is 27.4. The number of carbonyl (C=O) groups is 2. The Bertz CT molecular complexity index is 1530. The van der Waals surface area contributed by atoms with Gasteiger partial charge in [0.15, 0.2) is 0 Å². The Morgan fingerprint density at radius 3 is 2.39 bits per heavy atom. The molecule has 0 aliphatic heterocycles. The number of allylic oxidation sites excluding steroid dienone is 2. The van der Waals surface area contributed by atoms with E-state index in [1.54, 1.807) is 24.0 Å². The van der Waals surface area contributed by atoms with Crippen LogP contribution >= 0.6 is 11.3 Å². The predicted octanol–water partition coefficient (Wildman–Crippen LogP) is 6.52. The van der Waals surface area contributed by atoms with E-state index in [1.807, 2.05) is 55.6 Å². The SMILES string of the molecule is CCCN(CCC)C(=O)C1=CC(C)=CC(C(N)=O)([C@H](Cc2cc(F)cc(F)c2)[C@@H](O)CNCc2sccc2Oc2ccccc2)C1. The number of thiophene rings is 1. The molecule has 1 heterocycles. The molecule has 3 atom stereocenters. The number of rotatable bonds is 16. The summed E-state index contributed by atoms with van der Waals surface area (Å²) >= 11 is 1.50. The molecular formula is C36H43F2N3O4S. The monoisotopic (exact) mass is 651 g/mol. The first-order valence-electron chi connectivity index (χ1n) is 15.7. The van der Waals surface area contributed by atoms with Gasteiger partial charge in [0.05, 0.1) is 16.4 Å². The highest BCUT2D eigenvalue weighted by molar-refractivity contribution is 7.10. The maximum Gasteiger partial charge on any atom is 0.249 e. The van der Waals surface area contributed by atoms with Crippen molar-refractivity contribution < 1.29 is 28.2 Å². The molecule has 246 valence electrons. The number of para-hydroxylation sites is 1.